The van der Waals surface area contributed by atoms with Crippen LogP contribution in [0.3, 0.4) is 0 Å². The lowest BCUT2D eigenvalue weighted by molar-refractivity contribution is -0.103. The molecule has 1 N–H and O–H groups in total. The molecule has 36 heavy (non-hydrogen) atoms. The number of rotatable bonds is 2. The van der Waals surface area contributed by atoms with E-state index in [0.29, 0.717) is 34.6 Å². The van der Waals surface area contributed by atoms with E-state index in [1.807, 2.05) is 5.01 Å². The Morgan fingerprint density at radius 1 is 1.11 bits per heavy atom. The maximum absolute atomic E-state index is 15.2. The van der Waals surface area contributed by atoms with Gasteiger partial charge in [0, 0.05) is 29.6 Å². The lowest BCUT2D eigenvalue weighted by Crippen LogP contribution is -2.69. The number of halogens is 2. The summed E-state index contributed by atoms with van der Waals surface area (Å²) in [5.74, 6) is -1.21. The number of amides is 1. The van der Waals surface area contributed by atoms with Crippen molar-refractivity contribution in [3.63, 3.8) is 0 Å². The number of allylic oxidation sites excluding steroid dienone is 2. The first-order valence-electron chi connectivity index (χ1n) is 12.4. The monoisotopic (exact) mass is 509 g/mol. The summed E-state index contributed by atoms with van der Waals surface area (Å²) in [6, 6.07) is 3.57. The number of thioether (sulfide) groups is 1. The molecular weight excluding hydrogens is 484 g/mol. The Morgan fingerprint density at radius 2 is 1.89 bits per heavy atom. The molecule has 2 aliphatic heterocycles. The number of pyridine rings is 1. The van der Waals surface area contributed by atoms with Gasteiger partial charge in [0.15, 0.2) is 23.1 Å². The van der Waals surface area contributed by atoms with E-state index in [2.05, 4.69) is 19.1 Å². The van der Waals surface area contributed by atoms with Crippen molar-refractivity contribution in [2.45, 2.75) is 44.0 Å². The molecule has 6 nitrogen and oxygen atoms in total. The summed E-state index contributed by atoms with van der Waals surface area (Å²) in [7, 11) is 0. The van der Waals surface area contributed by atoms with Crippen LogP contribution in [0.4, 0.5) is 8.78 Å². The summed E-state index contributed by atoms with van der Waals surface area (Å²) in [6.07, 6.45) is 8.64. The minimum Gasteiger partial charge on any atom is -0.502 e. The molecule has 1 aromatic carbocycles. The number of nitrogens with zero attached hydrogens (tertiary/aromatic N) is 3. The molecule has 0 saturated heterocycles. The van der Waals surface area contributed by atoms with Crippen LogP contribution in [0.15, 0.2) is 51.8 Å². The summed E-state index contributed by atoms with van der Waals surface area (Å²) in [6.45, 7) is 2.34. The van der Waals surface area contributed by atoms with Crippen LogP contribution in [0.2, 0.25) is 0 Å². The van der Waals surface area contributed by atoms with E-state index in [9.17, 15) is 19.1 Å². The van der Waals surface area contributed by atoms with Crippen molar-refractivity contribution in [2.75, 3.05) is 11.7 Å². The van der Waals surface area contributed by atoms with Crippen molar-refractivity contribution in [3.8, 4) is 5.75 Å². The summed E-state index contributed by atoms with van der Waals surface area (Å²) in [4.78, 5) is 28.9. The number of aromatic nitrogens is 1. The molecule has 2 aromatic rings. The van der Waals surface area contributed by atoms with Gasteiger partial charge in [-0.1, -0.05) is 25.1 Å². The number of hydrogen-bond acceptors (Lipinski definition) is 5. The third-order valence-electron chi connectivity index (χ3n) is 8.57. The Labute approximate surface area is 210 Å². The van der Waals surface area contributed by atoms with Gasteiger partial charge in [0.1, 0.15) is 6.67 Å². The fourth-order valence-electron chi connectivity index (χ4n) is 6.44. The highest BCUT2D eigenvalue weighted by Gasteiger charge is 2.58. The number of fused-ring (bicyclic) bond motifs is 2. The van der Waals surface area contributed by atoms with Crippen molar-refractivity contribution in [1.82, 2.24) is 9.58 Å². The number of hydrogen-bond donors (Lipinski definition) is 1. The molecule has 8 rings (SSSR count). The van der Waals surface area contributed by atoms with E-state index in [-0.39, 0.29) is 24.3 Å². The Morgan fingerprint density at radius 3 is 2.61 bits per heavy atom. The molecule has 1 unspecified atom stereocenters. The van der Waals surface area contributed by atoms with Gasteiger partial charge in [0.25, 0.3) is 5.91 Å². The minimum atomic E-state index is -0.886. The third-order valence-corrected chi connectivity index (χ3v) is 9.76. The van der Waals surface area contributed by atoms with E-state index >= 15 is 4.39 Å². The first-order chi connectivity index (χ1) is 17.3. The molecule has 0 radical (unpaired) electrons. The first kappa shape index (κ1) is 22.2. The number of benzene rings is 1. The van der Waals surface area contributed by atoms with Gasteiger partial charge in [-0.05, 0) is 59.1 Å². The van der Waals surface area contributed by atoms with Crippen LogP contribution in [0, 0.1) is 29.4 Å². The van der Waals surface area contributed by atoms with Gasteiger partial charge in [0.2, 0.25) is 5.43 Å². The van der Waals surface area contributed by atoms with Crippen LogP contribution in [0.1, 0.15) is 53.8 Å². The van der Waals surface area contributed by atoms with Crippen LogP contribution < -0.4 is 10.4 Å². The predicted octanol–water partition coefficient (Wildman–Crippen LogP) is 4.43. The zero-order chi connectivity index (χ0) is 24.9. The van der Waals surface area contributed by atoms with Gasteiger partial charge in [-0.25, -0.2) is 8.78 Å². The predicted molar refractivity (Wildman–Crippen MR) is 132 cm³/mol. The average Bonchev–Trinajstić information content (AvgIpc) is 2.95. The Kier molecular flexibility index (Phi) is 4.75. The maximum Gasteiger partial charge on any atom is 0.278 e. The third kappa shape index (κ3) is 2.95. The molecule has 2 atom stereocenters. The molecular formula is C27H25F2N3O3S. The highest BCUT2D eigenvalue weighted by Crippen LogP contribution is 2.57. The van der Waals surface area contributed by atoms with Crippen molar-refractivity contribution in [2.24, 2.45) is 17.8 Å². The lowest BCUT2D eigenvalue weighted by Gasteiger charge is -2.63. The molecule has 1 amide bonds. The van der Waals surface area contributed by atoms with E-state index in [1.54, 1.807) is 15.6 Å². The van der Waals surface area contributed by atoms with Crippen molar-refractivity contribution < 1.29 is 18.7 Å². The lowest BCUT2D eigenvalue weighted by atomic mass is 9.51. The van der Waals surface area contributed by atoms with E-state index < -0.39 is 28.9 Å². The van der Waals surface area contributed by atoms with Gasteiger partial charge >= 0.3 is 0 Å². The Hall–Kier alpha value is -3.07. The highest BCUT2D eigenvalue weighted by molar-refractivity contribution is 8.02. The molecule has 1 aromatic heterocycles. The fourth-order valence-corrected chi connectivity index (χ4v) is 7.78. The largest absolute Gasteiger partial charge is 0.502 e. The molecule has 186 valence electrons. The zero-order valence-electron chi connectivity index (χ0n) is 19.7. The smallest absolute Gasteiger partial charge is 0.278 e. The van der Waals surface area contributed by atoms with Gasteiger partial charge in [-0.2, -0.15) is 0 Å². The number of carbonyl (C=O) groups is 1. The summed E-state index contributed by atoms with van der Waals surface area (Å²) in [5, 5.41) is 12.7. The fraction of sp³-hybridized carbons (Fsp3) is 0.407. The molecule has 4 aliphatic carbocycles. The molecule has 2 bridgehead atoms. The van der Waals surface area contributed by atoms with E-state index in [4.69, 9.17) is 0 Å². The average molecular weight is 510 g/mol. The van der Waals surface area contributed by atoms with E-state index in [1.165, 1.54) is 24.0 Å². The van der Waals surface area contributed by atoms with Gasteiger partial charge < -0.3 is 10.0 Å². The molecule has 6 aliphatic rings. The summed E-state index contributed by atoms with van der Waals surface area (Å²) < 4.78 is 31.1. The molecule has 3 fully saturated rings. The highest BCUT2D eigenvalue weighted by atomic mass is 32.2. The molecule has 3 heterocycles. The van der Waals surface area contributed by atoms with E-state index in [0.717, 1.165) is 35.8 Å². The van der Waals surface area contributed by atoms with Crippen LogP contribution in [-0.2, 0) is 5.75 Å². The molecule has 9 heteroatoms. The van der Waals surface area contributed by atoms with Gasteiger partial charge in [-0.3, -0.25) is 19.3 Å². The molecule has 0 spiro atoms. The zero-order valence-corrected chi connectivity index (χ0v) is 20.5. The number of aromatic hydroxyl groups is 1. The molecule has 3 saturated carbocycles. The second-order valence-corrected chi connectivity index (χ2v) is 11.7. The SMILES string of the molecule is CC1C=CC2=C(C1)SCc1c(ccc(F)c1F)[C@@H]2N1CN(C2C3CC2C3)C(=O)c2c(O)c(=O)ccn21. The van der Waals surface area contributed by atoms with Crippen molar-refractivity contribution >= 4 is 17.7 Å². The van der Waals surface area contributed by atoms with Gasteiger partial charge in [-0.15, -0.1) is 11.8 Å². The van der Waals surface area contributed by atoms with Crippen LogP contribution in [0.25, 0.3) is 0 Å². The quantitative estimate of drug-likeness (QED) is 0.649. The van der Waals surface area contributed by atoms with Crippen LogP contribution >= 0.6 is 11.8 Å². The number of carbonyl (C=O) groups excluding carboxylic acids is 1. The van der Waals surface area contributed by atoms with Crippen molar-refractivity contribution in [3.05, 3.63) is 85.7 Å². The first-order valence-corrected chi connectivity index (χ1v) is 13.4. The summed E-state index contributed by atoms with van der Waals surface area (Å²) in [5.41, 5.74) is 1.22. The van der Waals surface area contributed by atoms with Crippen molar-refractivity contribution in [1.29, 1.82) is 0 Å². The van der Waals surface area contributed by atoms with Gasteiger partial charge in [0.05, 0.1) is 6.04 Å². The minimum absolute atomic E-state index is 0.0726. The Bertz CT molecular complexity index is 1440. The second-order valence-electron chi connectivity index (χ2n) is 10.6. The topological polar surface area (TPSA) is 65.8 Å². The Balaban J connectivity index is 1.45. The normalized spacial score (nSPS) is 30.2. The summed E-state index contributed by atoms with van der Waals surface area (Å²) >= 11 is 1.53. The van der Waals surface area contributed by atoms with Crippen LogP contribution in [0.5, 0.6) is 5.75 Å². The second kappa shape index (κ2) is 7.71. The maximum atomic E-state index is 15.2. The standard InChI is InChI=1S/C27H25F2N3O3S/c1-13-2-3-17-21(8-13)36-11-18-16(4-5-19(28)22(18)29)24(17)32-12-30(23-14-9-15(23)10-14)27(35)25-26(34)20(33)6-7-31(25)32/h2-7,13-15,23-24,34H,8-12H2,1H3/t13?,14?,15?,23?,24-/m0/s1. The van der Waals surface area contributed by atoms with Crippen LogP contribution in [-0.4, -0.2) is 33.3 Å².